The normalized spacial score (nSPS) is 24.5. The molecule has 0 saturated carbocycles. The summed E-state index contributed by atoms with van der Waals surface area (Å²) in [7, 11) is 1.63. The predicted molar refractivity (Wildman–Crippen MR) is 63.5 cm³/mol. The average molecular weight is 232 g/mol. The molecular weight excluding hydrogens is 216 g/mol. The van der Waals surface area contributed by atoms with Crippen molar-refractivity contribution in [1.82, 2.24) is 4.90 Å². The fraction of sp³-hybridized carbons (Fsp3) is 0.462. The largest absolute Gasteiger partial charge is 0.497 e. The van der Waals surface area contributed by atoms with Crippen molar-refractivity contribution >= 4 is 0 Å². The van der Waals surface area contributed by atoms with Crippen LogP contribution in [0.1, 0.15) is 18.0 Å². The summed E-state index contributed by atoms with van der Waals surface area (Å²) in [4.78, 5) is 2.00. The van der Waals surface area contributed by atoms with E-state index in [2.05, 4.69) is 6.07 Å². The topological polar surface area (TPSA) is 56.5 Å². The first kappa shape index (κ1) is 11.9. The molecule has 0 aliphatic carbocycles. The van der Waals surface area contributed by atoms with Crippen LogP contribution in [0, 0.1) is 11.3 Å². The molecule has 2 rings (SSSR count). The van der Waals surface area contributed by atoms with Crippen molar-refractivity contribution in [3.05, 3.63) is 29.8 Å². The van der Waals surface area contributed by atoms with Gasteiger partial charge in [-0.05, 0) is 24.1 Å². The number of hydrogen-bond acceptors (Lipinski definition) is 4. The van der Waals surface area contributed by atoms with Gasteiger partial charge in [0.1, 0.15) is 5.75 Å². The number of ether oxygens (including phenoxy) is 1. The molecule has 0 unspecified atom stereocenters. The summed E-state index contributed by atoms with van der Waals surface area (Å²) < 4.78 is 5.19. The van der Waals surface area contributed by atoms with Crippen LogP contribution in [0.5, 0.6) is 5.75 Å². The summed E-state index contributed by atoms with van der Waals surface area (Å²) in [5, 5.41) is 18.5. The van der Waals surface area contributed by atoms with E-state index in [0.29, 0.717) is 19.5 Å². The number of nitrogens with zero attached hydrogens (tertiary/aromatic N) is 2. The maximum Gasteiger partial charge on any atom is 0.119 e. The van der Waals surface area contributed by atoms with Gasteiger partial charge in [-0.25, -0.2) is 0 Å². The molecule has 1 N–H and O–H groups in total. The van der Waals surface area contributed by atoms with Crippen molar-refractivity contribution in [3.63, 3.8) is 0 Å². The van der Waals surface area contributed by atoms with E-state index in [1.165, 1.54) is 0 Å². The Bertz CT molecular complexity index is 428. The lowest BCUT2D eigenvalue weighted by molar-refractivity contribution is 0.179. The number of aliphatic hydroxyl groups excluding tert-OH is 1. The molecule has 0 amide bonds. The molecule has 1 aliphatic heterocycles. The number of methoxy groups -OCH3 is 1. The van der Waals surface area contributed by atoms with Gasteiger partial charge in [0.15, 0.2) is 0 Å². The molecule has 0 aromatic heterocycles. The first-order chi connectivity index (χ1) is 8.24. The molecule has 1 aromatic carbocycles. The average Bonchev–Trinajstić information content (AvgIpc) is 2.71. The molecule has 17 heavy (non-hydrogen) atoms. The number of rotatable bonds is 3. The third-order valence-electron chi connectivity index (χ3n) is 3.13. The van der Waals surface area contributed by atoms with Gasteiger partial charge in [-0.1, -0.05) is 12.1 Å². The fourth-order valence-corrected chi connectivity index (χ4v) is 2.34. The van der Waals surface area contributed by atoms with Gasteiger partial charge in [0, 0.05) is 12.6 Å². The Balaban J connectivity index is 2.22. The molecule has 1 aromatic rings. The lowest BCUT2D eigenvalue weighted by Crippen LogP contribution is -2.25. The van der Waals surface area contributed by atoms with Crippen LogP contribution in [0.4, 0.5) is 0 Å². The number of benzene rings is 1. The highest BCUT2D eigenvalue weighted by atomic mass is 16.5. The second kappa shape index (κ2) is 5.17. The van der Waals surface area contributed by atoms with Crippen LogP contribution in [0.2, 0.25) is 0 Å². The molecule has 90 valence electrons. The second-order valence-corrected chi connectivity index (χ2v) is 4.27. The first-order valence-corrected chi connectivity index (χ1v) is 5.67. The van der Waals surface area contributed by atoms with Gasteiger partial charge in [0.25, 0.3) is 0 Å². The number of aliphatic hydroxyl groups is 1. The van der Waals surface area contributed by atoms with E-state index in [4.69, 9.17) is 10.00 Å². The van der Waals surface area contributed by atoms with E-state index in [1.807, 2.05) is 29.2 Å². The van der Waals surface area contributed by atoms with E-state index in [1.54, 1.807) is 7.11 Å². The van der Waals surface area contributed by atoms with Gasteiger partial charge in [-0.15, -0.1) is 0 Å². The Morgan fingerprint density at radius 2 is 2.41 bits per heavy atom. The summed E-state index contributed by atoms with van der Waals surface area (Å²) in [5.41, 5.74) is 1.09. The molecule has 4 heteroatoms. The Labute approximate surface area is 101 Å². The lowest BCUT2D eigenvalue weighted by atomic mass is 10.0. The summed E-state index contributed by atoms with van der Waals surface area (Å²) in [6.07, 6.45) is 0.328. The highest BCUT2D eigenvalue weighted by molar-refractivity contribution is 5.31. The van der Waals surface area contributed by atoms with Crippen LogP contribution in [-0.4, -0.2) is 36.3 Å². The fourth-order valence-electron chi connectivity index (χ4n) is 2.34. The third kappa shape index (κ3) is 2.57. The van der Waals surface area contributed by atoms with Crippen LogP contribution in [0.25, 0.3) is 0 Å². The van der Waals surface area contributed by atoms with E-state index < -0.39 is 0 Å². The minimum Gasteiger partial charge on any atom is -0.497 e. The van der Waals surface area contributed by atoms with Gasteiger partial charge >= 0.3 is 0 Å². The molecule has 1 fully saturated rings. The standard InChI is InChI=1S/C13H16N2O2/c1-17-12-4-2-3-10(7-12)13-8-11(16)9-15(13)6-5-14/h2-4,7,11,13,16H,6,8-9H2,1H3/t11-,13+/m1/s1. The maximum atomic E-state index is 9.70. The van der Waals surface area contributed by atoms with Crippen LogP contribution in [-0.2, 0) is 0 Å². The minimum atomic E-state index is -0.348. The van der Waals surface area contributed by atoms with Gasteiger partial charge in [-0.3, -0.25) is 4.90 Å². The molecule has 1 heterocycles. The monoisotopic (exact) mass is 232 g/mol. The zero-order valence-corrected chi connectivity index (χ0v) is 9.84. The highest BCUT2D eigenvalue weighted by Gasteiger charge is 2.31. The molecule has 0 bridgehead atoms. The van der Waals surface area contributed by atoms with E-state index in [9.17, 15) is 5.11 Å². The van der Waals surface area contributed by atoms with Crippen molar-refractivity contribution in [3.8, 4) is 11.8 Å². The number of β-amino-alcohol motifs (C(OH)–C–C–N with tert-alkyl or cyclic N) is 1. The zero-order chi connectivity index (χ0) is 12.3. The Morgan fingerprint density at radius 3 is 3.12 bits per heavy atom. The minimum absolute atomic E-state index is 0.111. The van der Waals surface area contributed by atoms with E-state index in [-0.39, 0.29) is 12.1 Å². The summed E-state index contributed by atoms with van der Waals surface area (Å²) in [5.74, 6) is 0.806. The van der Waals surface area contributed by atoms with E-state index in [0.717, 1.165) is 11.3 Å². The second-order valence-electron chi connectivity index (χ2n) is 4.27. The molecular formula is C13H16N2O2. The first-order valence-electron chi connectivity index (χ1n) is 5.67. The van der Waals surface area contributed by atoms with Gasteiger partial charge in [0.05, 0.1) is 25.8 Å². The maximum absolute atomic E-state index is 9.70. The van der Waals surface area contributed by atoms with Crippen molar-refractivity contribution < 1.29 is 9.84 Å². The number of nitriles is 1. The van der Waals surface area contributed by atoms with Crippen molar-refractivity contribution in [1.29, 1.82) is 5.26 Å². The summed E-state index contributed by atoms with van der Waals surface area (Å²) in [6, 6.07) is 10.1. The SMILES string of the molecule is COc1cccc([C@@H]2C[C@@H](O)CN2CC#N)c1. The molecule has 1 saturated heterocycles. The summed E-state index contributed by atoms with van der Waals surface area (Å²) in [6.45, 7) is 0.911. The number of likely N-dealkylation sites (tertiary alicyclic amines) is 1. The van der Waals surface area contributed by atoms with Crippen LogP contribution in [0.15, 0.2) is 24.3 Å². The molecule has 4 nitrogen and oxygen atoms in total. The van der Waals surface area contributed by atoms with Gasteiger partial charge in [0.2, 0.25) is 0 Å². The Hall–Kier alpha value is -1.57. The summed E-state index contributed by atoms with van der Waals surface area (Å²) >= 11 is 0. The van der Waals surface area contributed by atoms with Crippen molar-refractivity contribution in [2.45, 2.75) is 18.6 Å². The Kier molecular flexibility index (Phi) is 3.62. The van der Waals surface area contributed by atoms with E-state index >= 15 is 0 Å². The quantitative estimate of drug-likeness (QED) is 0.799. The third-order valence-corrected chi connectivity index (χ3v) is 3.13. The van der Waals surface area contributed by atoms with Gasteiger partial charge < -0.3 is 9.84 Å². The lowest BCUT2D eigenvalue weighted by Gasteiger charge is -2.21. The van der Waals surface area contributed by atoms with Crippen LogP contribution in [0.3, 0.4) is 0 Å². The number of hydrogen-bond donors (Lipinski definition) is 1. The van der Waals surface area contributed by atoms with Crippen LogP contribution < -0.4 is 4.74 Å². The highest BCUT2D eigenvalue weighted by Crippen LogP contribution is 2.33. The van der Waals surface area contributed by atoms with Crippen molar-refractivity contribution in [2.75, 3.05) is 20.2 Å². The van der Waals surface area contributed by atoms with Crippen LogP contribution >= 0.6 is 0 Å². The Morgan fingerprint density at radius 1 is 1.59 bits per heavy atom. The zero-order valence-electron chi connectivity index (χ0n) is 9.84. The van der Waals surface area contributed by atoms with Gasteiger partial charge in [-0.2, -0.15) is 5.26 Å². The smallest absolute Gasteiger partial charge is 0.119 e. The molecule has 0 radical (unpaired) electrons. The molecule has 1 aliphatic rings. The van der Waals surface area contributed by atoms with Crippen molar-refractivity contribution in [2.24, 2.45) is 0 Å². The molecule has 2 atom stereocenters. The molecule has 0 spiro atoms. The predicted octanol–water partition coefficient (Wildman–Crippen LogP) is 1.33.